The van der Waals surface area contributed by atoms with Crippen molar-refractivity contribution in [1.29, 1.82) is 0 Å². The van der Waals surface area contributed by atoms with Crippen LogP contribution < -0.4 is 10.1 Å². The van der Waals surface area contributed by atoms with Crippen molar-refractivity contribution < 1.29 is 9.13 Å². The molecule has 0 bridgehead atoms. The van der Waals surface area contributed by atoms with Crippen LogP contribution in [0.2, 0.25) is 5.02 Å². The molecular formula is C14H13ClFNO. The molecule has 0 unspecified atom stereocenters. The Morgan fingerprint density at radius 1 is 1.06 bits per heavy atom. The van der Waals surface area contributed by atoms with Crippen LogP contribution in [-0.4, -0.2) is 13.2 Å². The van der Waals surface area contributed by atoms with Gasteiger partial charge in [-0.05, 0) is 24.3 Å². The number of hydrogen-bond donors (Lipinski definition) is 1. The number of nitrogens with one attached hydrogen (secondary N) is 1. The highest BCUT2D eigenvalue weighted by atomic mass is 35.5. The molecule has 2 aromatic carbocycles. The number of rotatable bonds is 5. The van der Waals surface area contributed by atoms with Gasteiger partial charge in [0.2, 0.25) is 0 Å². The van der Waals surface area contributed by atoms with E-state index in [4.69, 9.17) is 16.3 Å². The van der Waals surface area contributed by atoms with Crippen LogP contribution in [0.3, 0.4) is 0 Å². The van der Waals surface area contributed by atoms with Gasteiger partial charge in [-0.1, -0.05) is 35.9 Å². The summed E-state index contributed by atoms with van der Waals surface area (Å²) < 4.78 is 18.7. The zero-order valence-electron chi connectivity index (χ0n) is 9.70. The Morgan fingerprint density at radius 3 is 2.56 bits per heavy atom. The lowest BCUT2D eigenvalue weighted by Gasteiger charge is -2.10. The first-order chi connectivity index (χ1) is 8.77. The summed E-state index contributed by atoms with van der Waals surface area (Å²) in [5.74, 6) is -0.337. The Bertz CT molecular complexity index is 484. The number of halogens is 2. The lowest BCUT2D eigenvalue weighted by Crippen LogP contribution is -2.12. The smallest absolute Gasteiger partial charge is 0.173 e. The molecule has 0 fully saturated rings. The van der Waals surface area contributed by atoms with E-state index in [1.807, 2.05) is 30.3 Å². The maximum Gasteiger partial charge on any atom is 0.173 e. The van der Waals surface area contributed by atoms with E-state index in [9.17, 15) is 4.39 Å². The molecule has 18 heavy (non-hydrogen) atoms. The lowest BCUT2D eigenvalue weighted by atomic mass is 10.3. The van der Waals surface area contributed by atoms with Crippen molar-refractivity contribution in [1.82, 2.24) is 0 Å². The molecule has 0 aliphatic heterocycles. The van der Waals surface area contributed by atoms with Crippen LogP contribution >= 0.6 is 11.6 Å². The van der Waals surface area contributed by atoms with Crippen LogP contribution in [0.1, 0.15) is 0 Å². The third-order valence-corrected chi connectivity index (χ3v) is 2.67. The van der Waals surface area contributed by atoms with Crippen molar-refractivity contribution in [3.8, 4) is 5.75 Å². The summed E-state index contributed by atoms with van der Waals surface area (Å²) in [6.07, 6.45) is 0. The van der Waals surface area contributed by atoms with Gasteiger partial charge in [0.15, 0.2) is 11.6 Å². The molecule has 2 rings (SSSR count). The van der Waals surface area contributed by atoms with E-state index in [-0.39, 0.29) is 10.8 Å². The van der Waals surface area contributed by atoms with Crippen LogP contribution in [0.25, 0.3) is 0 Å². The largest absolute Gasteiger partial charge is 0.487 e. The molecule has 0 saturated carbocycles. The van der Waals surface area contributed by atoms with Crippen molar-refractivity contribution in [2.24, 2.45) is 0 Å². The van der Waals surface area contributed by atoms with Crippen LogP contribution in [0, 0.1) is 5.82 Å². The SMILES string of the molecule is Fc1cccc(Cl)c1OCCNc1ccccc1. The first kappa shape index (κ1) is 12.7. The van der Waals surface area contributed by atoms with Gasteiger partial charge < -0.3 is 10.1 Å². The molecule has 0 heterocycles. The topological polar surface area (TPSA) is 21.3 Å². The summed E-state index contributed by atoms with van der Waals surface area (Å²) in [4.78, 5) is 0. The maximum absolute atomic E-state index is 13.4. The summed E-state index contributed by atoms with van der Waals surface area (Å²) >= 11 is 5.84. The number of anilines is 1. The van der Waals surface area contributed by atoms with E-state index in [1.54, 1.807) is 12.1 Å². The standard InChI is InChI=1S/C14H13ClFNO/c15-12-7-4-8-13(16)14(12)18-10-9-17-11-5-2-1-3-6-11/h1-8,17H,9-10H2. The second-order valence-corrected chi connectivity index (χ2v) is 4.10. The van der Waals surface area contributed by atoms with Crippen molar-refractivity contribution in [2.75, 3.05) is 18.5 Å². The molecule has 0 aliphatic rings. The average molecular weight is 266 g/mol. The predicted octanol–water partition coefficient (Wildman–Crippen LogP) is 3.97. The Morgan fingerprint density at radius 2 is 1.83 bits per heavy atom. The number of ether oxygens (including phenoxy) is 1. The third kappa shape index (κ3) is 3.37. The zero-order chi connectivity index (χ0) is 12.8. The number of para-hydroxylation sites is 2. The first-order valence-corrected chi connectivity index (χ1v) is 6.01. The van der Waals surface area contributed by atoms with Gasteiger partial charge in [0.05, 0.1) is 5.02 Å². The fourth-order valence-electron chi connectivity index (χ4n) is 1.52. The molecule has 0 amide bonds. The van der Waals surface area contributed by atoms with Gasteiger partial charge in [-0.25, -0.2) is 4.39 Å². The van der Waals surface area contributed by atoms with Gasteiger partial charge in [-0.3, -0.25) is 0 Å². The normalized spacial score (nSPS) is 10.1. The van der Waals surface area contributed by atoms with Gasteiger partial charge in [-0.15, -0.1) is 0 Å². The maximum atomic E-state index is 13.4. The molecule has 4 heteroatoms. The highest BCUT2D eigenvalue weighted by Gasteiger charge is 2.07. The van der Waals surface area contributed by atoms with Crippen molar-refractivity contribution in [3.63, 3.8) is 0 Å². The molecule has 0 atom stereocenters. The lowest BCUT2D eigenvalue weighted by molar-refractivity contribution is 0.315. The number of hydrogen-bond acceptors (Lipinski definition) is 2. The van der Waals surface area contributed by atoms with E-state index >= 15 is 0 Å². The fraction of sp³-hybridized carbons (Fsp3) is 0.143. The fourth-order valence-corrected chi connectivity index (χ4v) is 1.74. The number of benzene rings is 2. The van der Waals surface area contributed by atoms with Crippen LogP contribution in [-0.2, 0) is 0 Å². The predicted molar refractivity (Wildman–Crippen MR) is 71.8 cm³/mol. The van der Waals surface area contributed by atoms with Crippen LogP contribution in [0.15, 0.2) is 48.5 Å². The quantitative estimate of drug-likeness (QED) is 0.826. The molecule has 1 N–H and O–H groups in total. The van der Waals surface area contributed by atoms with Crippen molar-refractivity contribution >= 4 is 17.3 Å². The van der Waals surface area contributed by atoms with E-state index in [2.05, 4.69) is 5.32 Å². The van der Waals surface area contributed by atoms with Crippen LogP contribution in [0.4, 0.5) is 10.1 Å². The molecular weight excluding hydrogens is 253 g/mol. The van der Waals surface area contributed by atoms with E-state index in [0.29, 0.717) is 13.2 Å². The summed E-state index contributed by atoms with van der Waals surface area (Å²) in [7, 11) is 0. The zero-order valence-corrected chi connectivity index (χ0v) is 10.5. The minimum Gasteiger partial charge on any atom is -0.487 e. The van der Waals surface area contributed by atoms with Gasteiger partial charge in [0.25, 0.3) is 0 Å². The van der Waals surface area contributed by atoms with E-state index in [1.165, 1.54) is 6.07 Å². The Balaban J connectivity index is 1.82. The molecule has 0 aliphatic carbocycles. The minimum atomic E-state index is -0.442. The summed E-state index contributed by atoms with van der Waals surface area (Å²) in [5, 5.41) is 3.45. The molecule has 0 radical (unpaired) electrons. The molecule has 0 spiro atoms. The first-order valence-electron chi connectivity index (χ1n) is 5.63. The van der Waals surface area contributed by atoms with E-state index < -0.39 is 5.82 Å². The highest BCUT2D eigenvalue weighted by molar-refractivity contribution is 6.32. The third-order valence-electron chi connectivity index (χ3n) is 2.37. The minimum absolute atomic E-state index is 0.106. The molecule has 2 nitrogen and oxygen atoms in total. The second kappa shape index (κ2) is 6.26. The molecule has 94 valence electrons. The van der Waals surface area contributed by atoms with Crippen molar-refractivity contribution in [2.45, 2.75) is 0 Å². The summed E-state index contributed by atoms with van der Waals surface area (Å²) in [6, 6.07) is 14.2. The van der Waals surface area contributed by atoms with Gasteiger partial charge in [-0.2, -0.15) is 0 Å². The van der Waals surface area contributed by atoms with Crippen molar-refractivity contribution in [3.05, 3.63) is 59.4 Å². The summed E-state index contributed by atoms with van der Waals surface area (Å²) in [5.41, 5.74) is 1.00. The van der Waals surface area contributed by atoms with Gasteiger partial charge in [0.1, 0.15) is 6.61 Å². The summed E-state index contributed by atoms with van der Waals surface area (Å²) in [6.45, 7) is 0.921. The van der Waals surface area contributed by atoms with Crippen LogP contribution in [0.5, 0.6) is 5.75 Å². The molecule has 2 aromatic rings. The Labute approximate surface area is 110 Å². The molecule has 0 aromatic heterocycles. The van der Waals surface area contributed by atoms with Gasteiger partial charge >= 0.3 is 0 Å². The van der Waals surface area contributed by atoms with E-state index in [0.717, 1.165) is 5.69 Å². The Kier molecular flexibility index (Phi) is 4.42. The Hall–Kier alpha value is -1.74. The average Bonchev–Trinajstić information content (AvgIpc) is 2.38. The highest BCUT2D eigenvalue weighted by Crippen LogP contribution is 2.26. The second-order valence-electron chi connectivity index (χ2n) is 3.69. The molecule has 0 saturated heterocycles. The monoisotopic (exact) mass is 265 g/mol. The van der Waals surface area contributed by atoms with Gasteiger partial charge in [0, 0.05) is 12.2 Å².